The van der Waals surface area contributed by atoms with Gasteiger partial charge in [0.2, 0.25) is 0 Å². The molecule has 0 radical (unpaired) electrons. The summed E-state index contributed by atoms with van der Waals surface area (Å²) in [7, 11) is 1.68. The van der Waals surface area contributed by atoms with E-state index in [1.54, 1.807) is 7.11 Å². The van der Waals surface area contributed by atoms with Crippen molar-refractivity contribution in [2.24, 2.45) is 10.7 Å². The number of methoxy groups -OCH3 is 1. The summed E-state index contributed by atoms with van der Waals surface area (Å²) >= 11 is 1.89. The number of hydrogen-bond acceptors (Lipinski definition) is 4. The molecule has 1 aromatic heterocycles. The van der Waals surface area contributed by atoms with E-state index in [4.69, 9.17) is 15.5 Å². The summed E-state index contributed by atoms with van der Waals surface area (Å²) in [5.74, 6) is 0.498. The van der Waals surface area contributed by atoms with E-state index in [9.17, 15) is 0 Å². The van der Waals surface area contributed by atoms with Crippen molar-refractivity contribution in [1.29, 1.82) is 0 Å². The number of aliphatic imine (C=N–C) groups is 1. The van der Waals surface area contributed by atoms with Gasteiger partial charge in [0, 0.05) is 31.0 Å². The smallest absolute Gasteiger partial charge is 0.188 e. The SMILES string of the molecule is COCC(C)NC(N)=NCCCc1nc2c(s1)CCCC2.I. The Morgan fingerprint density at radius 2 is 2.23 bits per heavy atom. The average Bonchev–Trinajstić information content (AvgIpc) is 2.86. The van der Waals surface area contributed by atoms with Crippen LogP contribution in [0.3, 0.4) is 0 Å². The fourth-order valence-corrected chi connectivity index (χ4v) is 3.73. The van der Waals surface area contributed by atoms with Crippen molar-refractivity contribution < 1.29 is 4.74 Å². The Balaban J connectivity index is 0.00000242. The van der Waals surface area contributed by atoms with Crippen LogP contribution in [0.15, 0.2) is 4.99 Å². The van der Waals surface area contributed by atoms with E-state index < -0.39 is 0 Å². The van der Waals surface area contributed by atoms with Gasteiger partial charge in [-0.05, 0) is 39.0 Å². The Kier molecular flexibility index (Phi) is 9.27. The number of hydrogen-bond donors (Lipinski definition) is 2. The Bertz CT molecular complexity index is 455. The molecule has 0 amide bonds. The van der Waals surface area contributed by atoms with Crippen LogP contribution in [0, 0.1) is 0 Å². The van der Waals surface area contributed by atoms with Crippen LogP contribution in [0.1, 0.15) is 41.8 Å². The van der Waals surface area contributed by atoms with E-state index in [0.29, 0.717) is 12.6 Å². The molecular formula is C15H27IN4OS. The second kappa shape index (κ2) is 10.4. The number of aryl methyl sites for hydroxylation is 3. The van der Waals surface area contributed by atoms with Crippen molar-refractivity contribution in [3.8, 4) is 0 Å². The summed E-state index contributed by atoms with van der Waals surface area (Å²) in [6, 6.07) is 0.185. The van der Waals surface area contributed by atoms with Crippen LogP contribution < -0.4 is 11.1 Å². The molecule has 0 aromatic carbocycles. The average molecular weight is 438 g/mol. The lowest BCUT2D eigenvalue weighted by Gasteiger charge is -2.12. The third kappa shape index (κ3) is 6.37. The maximum atomic E-state index is 5.83. The van der Waals surface area contributed by atoms with Gasteiger partial charge in [0.25, 0.3) is 0 Å². The zero-order valence-electron chi connectivity index (χ0n) is 13.4. The van der Waals surface area contributed by atoms with Gasteiger partial charge in [-0.2, -0.15) is 0 Å². The first-order valence-electron chi connectivity index (χ1n) is 7.72. The maximum Gasteiger partial charge on any atom is 0.188 e. The first-order valence-corrected chi connectivity index (χ1v) is 8.53. The molecule has 1 aromatic rings. The van der Waals surface area contributed by atoms with Crippen LogP contribution in [-0.4, -0.2) is 37.2 Å². The number of aromatic nitrogens is 1. The number of halogens is 1. The van der Waals surface area contributed by atoms with Gasteiger partial charge in [0.05, 0.1) is 17.3 Å². The molecule has 2 rings (SSSR count). The summed E-state index contributed by atoms with van der Waals surface area (Å²) in [6.07, 6.45) is 7.00. The fourth-order valence-electron chi connectivity index (χ4n) is 2.53. The minimum atomic E-state index is 0. The Labute approximate surface area is 154 Å². The zero-order valence-corrected chi connectivity index (χ0v) is 16.6. The number of ether oxygens (including phenoxy) is 1. The molecule has 126 valence electrons. The van der Waals surface area contributed by atoms with Crippen molar-refractivity contribution in [1.82, 2.24) is 10.3 Å². The fraction of sp³-hybridized carbons (Fsp3) is 0.733. The van der Waals surface area contributed by atoms with Crippen LogP contribution in [-0.2, 0) is 24.0 Å². The molecule has 1 aliphatic carbocycles. The number of guanidine groups is 1. The lowest BCUT2D eigenvalue weighted by Crippen LogP contribution is -2.40. The zero-order chi connectivity index (χ0) is 15.1. The first kappa shape index (κ1) is 19.6. The lowest BCUT2D eigenvalue weighted by molar-refractivity contribution is 0.179. The highest BCUT2D eigenvalue weighted by Crippen LogP contribution is 2.27. The van der Waals surface area contributed by atoms with Crippen molar-refractivity contribution >= 4 is 41.3 Å². The van der Waals surface area contributed by atoms with Crippen LogP contribution >= 0.6 is 35.3 Å². The molecule has 0 fully saturated rings. The Morgan fingerprint density at radius 1 is 1.45 bits per heavy atom. The number of nitrogens with one attached hydrogen (secondary N) is 1. The number of fused-ring (bicyclic) bond motifs is 1. The second-order valence-electron chi connectivity index (χ2n) is 5.56. The quantitative estimate of drug-likeness (QED) is 0.297. The van der Waals surface area contributed by atoms with Gasteiger partial charge >= 0.3 is 0 Å². The van der Waals surface area contributed by atoms with Gasteiger partial charge in [0.15, 0.2) is 5.96 Å². The molecule has 5 nitrogen and oxygen atoms in total. The first-order chi connectivity index (χ1) is 10.2. The maximum absolute atomic E-state index is 5.83. The minimum Gasteiger partial charge on any atom is -0.383 e. The molecule has 0 bridgehead atoms. The van der Waals surface area contributed by atoms with Crippen LogP contribution in [0.2, 0.25) is 0 Å². The molecule has 7 heteroatoms. The molecule has 0 aliphatic heterocycles. The molecule has 0 spiro atoms. The van der Waals surface area contributed by atoms with Gasteiger partial charge < -0.3 is 15.8 Å². The predicted octanol–water partition coefficient (Wildman–Crippen LogP) is 2.51. The highest BCUT2D eigenvalue weighted by atomic mass is 127. The molecule has 0 saturated carbocycles. The van der Waals surface area contributed by atoms with E-state index >= 15 is 0 Å². The third-order valence-corrected chi connectivity index (χ3v) is 4.75. The Hall–Kier alpha value is -0.410. The van der Waals surface area contributed by atoms with Crippen LogP contribution in [0.5, 0.6) is 0 Å². The molecule has 3 N–H and O–H groups in total. The number of thiazole rings is 1. The standard InChI is InChI=1S/C15H26N4OS.HI/c1-11(10-20-2)18-15(16)17-9-5-8-14-19-12-6-3-4-7-13(12)21-14;/h11H,3-10H2,1-2H3,(H3,16,17,18);1H. The monoisotopic (exact) mass is 438 g/mol. The van der Waals surface area contributed by atoms with Gasteiger partial charge in [0.1, 0.15) is 0 Å². The van der Waals surface area contributed by atoms with Gasteiger partial charge in [-0.15, -0.1) is 35.3 Å². The molecular weight excluding hydrogens is 411 g/mol. The largest absolute Gasteiger partial charge is 0.383 e. The third-order valence-electron chi connectivity index (χ3n) is 3.53. The van der Waals surface area contributed by atoms with Crippen molar-refractivity contribution in [2.45, 2.75) is 51.5 Å². The van der Waals surface area contributed by atoms with Gasteiger partial charge in [-0.1, -0.05) is 0 Å². The van der Waals surface area contributed by atoms with Crippen molar-refractivity contribution in [3.05, 3.63) is 15.6 Å². The predicted molar refractivity (Wildman–Crippen MR) is 103 cm³/mol. The summed E-state index contributed by atoms with van der Waals surface area (Å²) in [4.78, 5) is 10.6. The number of rotatable bonds is 7. The topological polar surface area (TPSA) is 72.5 Å². The highest BCUT2D eigenvalue weighted by molar-refractivity contribution is 14.0. The van der Waals surface area contributed by atoms with Crippen molar-refractivity contribution in [2.75, 3.05) is 20.3 Å². The summed E-state index contributed by atoms with van der Waals surface area (Å²) in [5, 5.41) is 4.37. The summed E-state index contributed by atoms with van der Waals surface area (Å²) in [5.41, 5.74) is 7.18. The minimum absolute atomic E-state index is 0. The van der Waals surface area contributed by atoms with Crippen molar-refractivity contribution in [3.63, 3.8) is 0 Å². The Morgan fingerprint density at radius 3 is 2.95 bits per heavy atom. The highest BCUT2D eigenvalue weighted by Gasteiger charge is 2.14. The van der Waals surface area contributed by atoms with E-state index in [0.717, 1.165) is 25.8 Å². The summed E-state index contributed by atoms with van der Waals surface area (Å²) in [6.45, 7) is 3.38. The number of nitrogens with two attached hydrogens (primary N) is 1. The molecule has 22 heavy (non-hydrogen) atoms. The normalized spacial score (nSPS) is 15.8. The molecule has 1 heterocycles. The van der Waals surface area contributed by atoms with Gasteiger partial charge in [-0.25, -0.2) is 4.98 Å². The molecule has 1 unspecified atom stereocenters. The van der Waals surface area contributed by atoms with E-state index in [1.165, 1.54) is 34.8 Å². The molecule has 1 aliphatic rings. The van der Waals surface area contributed by atoms with Crippen LogP contribution in [0.4, 0.5) is 0 Å². The van der Waals surface area contributed by atoms with Crippen LogP contribution in [0.25, 0.3) is 0 Å². The number of nitrogens with zero attached hydrogens (tertiary/aromatic N) is 2. The molecule has 0 saturated heterocycles. The van der Waals surface area contributed by atoms with E-state index in [1.807, 2.05) is 18.3 Å². The van der Waals surface area contributed by atoms with Gasteiger partial charge in [-0.3, -0.25) is 4.99 Å². The van der Waals surface area contributed by atoms with E-state index in [-0.39, 0.29) is 30.0 Å². The van der Waals surface area contributed by atoms with E-state index in [2.05, 4.69) is 10.3 Å². The summed E-state index contributed by atoms with van der Waals surface area (Å²) < 4.78 is 5.05. The lowest BCUT2D eigenvalue weighted by atomic mass is 10.0. The second-order valence-corrected chi connectivity index (χ2v) is 6.72. The molecule has 1 atom stereocenters.